The first-order chi connectivity index (χ1) is 11.7. The van der Waals surface area contributed by atoms with Crippen molar-refractivity contribution in [3.05, 3.63) is 41.0 Å². The van der Waals surface area contributed by atoms with Gasteiger partial charge >= 0.3 is 12.1 Å². The molecule has 2 rings (SSSR count). The van der Waals surface area contributed by atoms with Crippen LogP contribution in [0.3, 0.4) is 0 Å². The number of thiazole rings is 1. The van der Waals surface area contributed by atoms with Gasteiger partial charge in [-0.2, -0.15) is 0 Å². The highest BCUT2D eigenvalue weighted by molar-refractivity contribution is 7.13. The number of aromatic nitrogens is 1. The first-order valence-electron chi connectivity index (χ1n) is 7.79. The molecule has 134 valence electrons. The summed E-state index contributed by atoms with van der Waals surface area (Å²) in [5, 5.41) is 2.56. The van der Waals surface area contributed by atoms with E-state index in [1.807, 2.05) is 19.1 Å². The van der Waals surface area contributed by atoms with Gasteiger partial charge in [-0.25, -0.2) is 14.6 Å². The number of carbonyl (C=O) groups is 2. The van der Waals surface area contributed by atoms with Crippen LogP contribution >= 0.6 is 11.3 Å². The molecule has 7 heteroatoms. The first-order valence-corrected chi connectivity index (χ1v) is 8.67. The fourth-order valence-electron chi connectivity index (χ4n) is 2.23. The maximum Gasteiger partial charge on any atom is 0.408 e. The van der Waals surface area contributed by atoms with Gasteiger partial charge in [-0.15, -0.1) is 11.3 Å². The highest BCUT2D eigenvalue weighted by Crippen LogP contribution is 2.28. The third kappa shape index (κ3) is 5.03. The summed E-state index contributed by atoms with van der Waals surface area (Å²) >= 11 is 1.55. The van der Waals surface area contributed by atoms with Crippen LogP contribution in [-0.4, -0.2) is 29.8 Å². The summed E-state index contributed by atoms with van der Waals surface area (Å²) in [6.07, 6.45) is -0.676. The van der Waals surface area contributed by atoms with E-state index in [1.54, 1.807) is 49.8 Å². The molecule has 2 aromatic rings. The van der Waals surface area contributed by atoms with Crippen molar-refractivity contribution in [3.8, 4) is 10.4 Å². The number of aryl methyl sites for hydroxylation is 1. The maximum atomic E-state index is 12.1. The molecule has 0 aliphatic carbocycles. The van der Waals surface area contributed by atoms with Gasteiger partial charge in [-0.1, -0.05) is 24.3 Å². The van der Waals surface area contributed by atoms with Crippen molar-refractivity contribution >= 4 is 23.4 Å². The number of amides is 1. The van der Waals surface area contributed by atoms with Crippen molar-refractivity contribution in [3.63, 3.8) is 0 Å². The molecular formula is C18H22N2O4S. The number of methoxy groups -OCH3 is 1. The van der Waals surface area contributed by atoms with E-state index in [1.165, 1.54) is 7.11 Å². The molecule has 1 heterocycles. The zero-order chi connectivity index (χ0) is 18.6. The van der Waals surface area contributed by atoms with Crippen LogP contribution in [0.25, 0.3) is 10.4 Å². The minimum Gasteiger partial charge on any atom is -0.467 e. The highest BCUT2D eigenvalue weighted by Gasteiger charge is 2.26. The molecule has 0 saturated carbocycles. The Balaban J connectivity index is 2.22. The van der Waals surface area contributed by atoms with Gasteiger partial charge in [0, 0.05) is 0 Å². The average Bonchev–Trinajstić information content (AvgIpc) is 2.96. The van der Waals surface area contributed by atoms with Crippen molar-refractivity contribution in [1.82, 2.24) is 10.3 Å². The van der Waals surface area contributed by atoms with Gasteiger partial charge in [-0.05, 0) is 38.8 Å². The fraction of sp³-hybridized carbons (Fsp3) is 0.389. The molecule has 0 spiro atoms. The SMILES string of the molecule is COC(=O)[C@H](NC(=O)OC(C)(C)C)c1ccc(-c2scnc2C)cc1. The number of nitrogens with zero attached hydrogens (tertiary/aromatic N) is 1. The Hall–Kier alpha value is -2.41. The van der Waals surface area contributed by atoms with E-state index in [0.29, 0.717) is 5.56 Å². The molecule has 1 aromatic heterocycles. The fourth-order valence-corrected chi connectivity index (χ4v) is 3.04. The predicted molar refractivity (Wildman–Crippen MR) is 96.4 cm³/mol. The molecule has 1 N–H and O–H groups in total. The summed E-state index contributed by atoms with van der Waals surface area (Å²) in [5.74, 6) is -0.562. The number of ether oxygens (including phenoxy) is 2. The Morgan fingerprint density at radius 3 is 2.32 bits per heavy atom. The summed E-state index contributed by atoms with van der Waals surface area (Å²) in [6, 6.07) is 6.42. The van der Waals surface area contributed by atoms with Crippen molar-refractivity contribution in [2.75, 3.05) is 7.11 Å². The molecule has 1 aromatic carbocycles. The van der Waals surface area contributed by atoms with Crippen LogP contribution in [0.4, 0.5) is 4.79 Å². The second-order valence-electron chi connectivity index (χ2n) is 6.49. The van der Waals surface area contributed by atoms with Crippen molar-refractivity contribution < 1.29 is 19.1 Å². The van der Waals surface area contributed by atoms with Gasteiger partial charge in [-0.3, -0.25) is 0 Å². The smallest absolute Gasteiger partial charge is 0.408 e. The van der Waals surface area contributed by atoms with E-state index >= 15 is 0 Å². The number of hydrogen-bond acceptors (Lipinski definition) is 6. The second kappa shape index (κ2) is 7.65. The van der Waals surface area contributed by atoms with Crippen molar-refractivity contribution in [1.29, 1.82) is 0 Å². The largest absolute Gasteiger partial charge is 0.467 e. The van der Waals surface area contributed by atoms with E-state index in [9.17, 15) is 9.59 Å². The monoisotopic (exact) mass is 362 g/mol. The molecule has 0 bridgehead atoms. The molecular weight excluding hydrogens is 340 g/mol. The summed E-state index contributed by atoms with van der Waals surface area (Å²) in [7, 11) is 1.28. The highest BCUT2D eigenvalue weighted by atomic mass is 32.1. The number of esters is 1. The summed E-state index contributed by atoms with van der Waals surface area (Å²) in [4.78, 5) is 29.4. The molecule has 0 radical (unpaired) electrons. The van der Waals surface area contributed by atoms with E-state index < -0.39 is 23.7 Å². The lowest BCUT2D eigenvalue weighted by Crippen LogP contribution is -2.38. The average molecular weight is 362 g/mol. The number of hydrogen-bond donors (Lipinski definition) is 1. The quantitative estimate of drug-likeness (QED) is 0.836. The van der Waals surface area contributed by atoms with Gasteiger partial charge in [0.2, 0.25) is 0 Å². The Kier molecular flexibility index (Phi) is 5.79. The zero-order valence-electron chi connectivity index (χ0n) is 15.0. The molecule has 6 nitrogen and oxygen atoms in total. The van der Waals surface area contributed by atoms with Crippen molar-refractivity contribution in [2.24, 2.45) is 0 Å². The van der Waals surface area contributed by atoms with Gasteiger partial charge in [0.05, 0.1) is 23.2 Å². The van der Waals surface area contributed by atoms with Crippen LogP contribution in [0.2, 0.25) is 0 Å². The van der Waals surface area contributed by atoms with Crippen molar-refractivity contribution in [2.45, 2.75) is 39.3 Å². The lowest BCUT2D eigenvalue weighted by Gasteiger charge is -2.22. The van der Waals surface area contributed by atoms with E-state index in [0.717, 1.165) is 16.1 Å². The van der Waals surface area contributed by atoms with E-state index in [-0.39, 0.29) is 0 Å². The molecule has 0 fully saturated rings. The van der Waals surface area contributed by atoms with Gasteiger partial charge in [0.15, 0.2) is 6.04 Å². The lowest BCUT2D eigenvalue weighted by atomic mass is 10.0. The normalized spacial score (nSPS) is 12.4. The topological polar surface area (TPSA) is 77.5 Å². The Morgan fingerprint density at radius 2 is 1.84 bits per heavy atom. The minimum atomic E-state index is -0.934. The standard InChI is InChI=1S/C18H22N2O4S/c1-11-15(25-10-19-11)13-8-6-12(7-9-13)14(16(21)23-5)20-17(22)24-18(2,3)4/h6-10,14H,1-5H3,(H,20,22)/t14-/m1/s1. The number of nitrogens with one attached hydrogen (secondary N) is 1. The molecule has 0 aliphatic rings. The Labute approximate surface area is 151 Å². The maximum absolute atomic E-state index is 12.1. The number of alkyl carbamates (subject to hydrolysis) is 1. The molecule has 1 amide bonds. The first kappa shape index (κ1) is 18.9. The zero-order valence-corrected chi connectivity index (χ0v) is 15.8. The predicted octanol–water partition coefficient (Wildman–Crippen LogP) is 3.86. The second-order valence-corrected chi connectivity index (χ2v) is 7.35. The van der Waals surface area contributed by atoms with Crippen LogP contribution in [0.1, 0.15) is 38.1 Å². The molecule has 0 unspecified atom stereocenters. The third-order valence-electron chi connectivity index (χ3n) is 3.35. The molecule has 1 atom stereocenters. The number of rotatable bonds is 4. The van der Waals surface area contributed by atoms with Crippen LogP contribution < -0.4 is 5.32 Å². The molecule has 25 heavy (non-hydrogen) atoms. The third-order valence-corrected chi connectivity index (χ3v) is 4.33. The summed E-state index contributed by atoms with van der Waals surface area (Å²) in [5.41, 5.74) is 3.71. The van der Waals surface area contributed by atoms with E-state index in [2.05, 4.69) is 10.3 Å². The van der Waals surface area contributed by atoms with Gasteiger partial charge in [0.25, 0.3) is 0 Å². The van der Waals surface area contributed by atoms with Gasteiger partial charge in [0.1, 0.15) is 5.60 Å². The molecule has 0 saturated heterocycles. The Bertz CT molecular complexity index is 747. The summed E-state index contributed by atoms with van der Waals surface area (Å²) < 4.78 is 10.0. The van der Waals surface area contributed by atoms with E-state index in [4.69, 9.17) is 9.47 Å². The van der Waals surface area contributed by atoms with Crippen LogP contribution in [-0.2, 0) is 14.3 Å². The summed E-state index contributed by atoms with van der Waals surface area (Å²) in [6.45, 7) is 7.21. The van der Waals surface area contributed by atoms with Crippen LogP contribution in [0, 0.1) is 6.92 Å². The Morgan fingerprint density at radius 1 is 1.20 bits per heavy atom. The number of benzene rings is 1. The van der Waals surface area contributed by atoms with Crippen LogP contribution in [0.15, 0.2) is 29.8 Å². The minimum absolute atomic E-state index is 0.562. The lowest BCUT2D eigenvalue weighted by molar-refractivity contribution is -0.143. The molecule has 0 aliphatic heterocycles. The number of carbonyl (C=O) groups excluding carboxylic acids is 2. The van der Waals surface area contributed by atoms with Gasteiger partial charge < -0.3 is 14.8 Å². The van der Waals surface area contributed by atoms with Crippen LogP contribution in [0.5, 0.6) is 0 Å².